The first-order valence-electron chi connectivity index (χ1n) is 9.70. The van der Waals surface area contributed by atoms with Crippen molar-refractivity contribution in [2.75, 3.05) is 31.6 Å². The van der Waals surface area contributed by atoms with Crippen molar-refractivity contribution in [1.29, 1.82) is 0 Å². The number of β-amino-alcohol motifs (C(OH)–C–C–N with tert-alkyl or cyclic N) is 1. The average molecular weight is 428 g/mol. The monoisotopic (exact) mass is 427 g/mol. The van der Waals surface area contributed by atoms with Crippen molar-refractivity contribution >= 4 is 34.3 Å². The number of carbonyl (C=O) groups is 1. The number of ether oxygens (including phenoxy) is 2. The van der Waals surface area contributed by atoms with Crippen molar-refractivity contribution in [3.63, 3.8) is 0 Å². The van der Waals surface area contributed by atoms with Gasteiger partial charge in [0.1, 0.15) is 23.0 Å². The molecule has 1 unspecified atom stereocenters. The van der Waals surface area contributed by atoms with Crippen LogP contribution in [0.15, 0.2) is 54.6 Å². The molecular weight excluding hydrogens is 406 g/mol. The fourth-order valence-corrected chi connectivity index (χ4v) is 3.59. The van der Waals surface area contributed by atoms with E-state index in [1.807, 2.05) is 36.4 Å². The van der Waals surface area contributed by atoms with E-state index in [9.17, 15) is 4.79 Å². The lowest BCUT2D eigenvalue weighted by Crippen LogP contribution is -2.29. The Morgan fingerprint density at radius 1 is 1.23 bits per heavy atom. The van der Waals surface area contributed by atoms with Crippen LogP contribution in [0, 0.1) is 0 Å². The van der Waals surface area contributed by atoms with Crippen LogP contribution >= 0.6 is 11.6 Å². The van der Waals surface area contributed by atoms with Crippen LogP contribution in [0.5, 0.6) is 5.75 Å². The lowest BCUT2D eigenvalue weighted by atomic mass is 10.1. The number of nitrogens with one attached hydrogen (secondary N) is 1. The predicted octanol–water partition coefficient (Wildman–Crippen LogP) is 3.69. The van der Waals surface area contributed by atoms with Crippen LogP contribution in [0.3, 0.4) is 0 Å². The number of aromatic nitrogens is 1. The van der Waals surface area contributed by atoms with Crippen LogP contribution in [0.25, 0.3) is 10.9 Å². The van der Waals surface area contributed by atoms with E-state index in [-0.39, 0.29) is 19.8 Å². The van der Waals surface area contributed by atoms with Crippen LogP contribution in [-0.2, 0) is 11.3 Å². The summed E-state index contributed by atoms with van der Waals surface area (Å²) in [5.74, 6) is 0.564. The molecule has 1 aromatic heterocycles. The highest BCUT2D eigenvalue weighted by molar-refractivity contribution is 6.30. The summed E-state index contributed by atoms with van der Waals surface area (Å²) in [4.78, 5) is 17.7. The SMILES string of the molecule is O=C1OC(COc2cccc3c(NCc4ccccc4)cc(Cl)nc23)CN1CCO. The van der Waals surface area contributed by atoms with Gasteiger partial charge in [-0.3, -0.25) is 0 Å². The number of fused-ring (bicyclic) bond motifs is 1. The lowest BCUT2D eigenvalue weighted by Gasteiger charge is -2.15. The number of nitrogens with zero attached hydrogens (tertiary/aromatic N) is 2. The molecular formula is C22H22ClN3O4. The highest BCUT2D eigenvalue weighted by Crippen LogP contribution is 2.32. The molecule has 4 rings (SSSR count). The zero-order valence-corrected chi connectivity index (χ0v) is 17.0. The van der Waals surface area contributed by atoms with Gasteiger partial charge in [0, 0.05) is 24.2 Å². The summed E-state index contributed by atoms with van der Waals surface area (Å²) in [6.07, 6.45) is -0.849. The van der Waals surface area contributed by atoms with Crippen LogP contribution in [-0.4, -0.2) is 53.5 Å². The van der Waals surface area contributed by atoms with Crippen LogP contribution in [0.1, 0.15) is 5.56 Å². The molecule has 2 aromatic carbocycles. The lowest BCUT2D eigenvalue weighted by molar-refractivity contribution is 0.102. The Balaban J connectivity index is 1.50. The molecule has 1 amide bonds. The van der Waals surface area contributed by atoms with E-state index in [1.54, 1.807) is 6.07 Å². The predicted molar refractivity (Wildman–Crippen MR) is 115 cm³/mol. The maximum atomic E-state index is 11.8. The van der Waals surface area contributed by atoms with Crippen molar-refractivity contribution < 1.29 is 19.4 Å². The van der Waals surface area contributed by atoms with Gasteiger partial charge >= 0.3 is 6.09 Å². The van der Waals surface area contributed by atoms with Gasteiger partial charge in [-0.2, -0.15) is 0 Å². The van der Waals surface area contributed by atoms with E-state index in [2.05, 4.69) is 22.4 Å². The third kappa shape index (κ3) is 4.58. The Morgan fingerprint density at radius 3 is 2.87 bits per heavy atom. The van der Waals surface area contributed by atoms with Crippen LogP contribution in [0.2, 0.25) is 5.15 Å². The van der Waals surface area contributed by atoms with E-state index >= 15 is 0 Å². The molecule has 7 nitrogen and oxygen atoms in total. The number of carbonyl (C=O) groups excluding carboxylic acids is 1. The zero-order chi connectivity index (χ0) is 20.9. The standard InChI is InChI=1S/C22H22ClN3O4/c23-20-11-18(24-12-15-5-2-1-3-6-15)17-7-4-8-19(21(17)25-20)29-14-16-13-26(9-10-27)22(28)30-16/h1-8,11,16,27H,9-10,12-14H2,(H,24,25). The molecule has 1 fully saturated rings. The number of cyclic esters (lactones) is 1. The third-order valence-electron chi connectivity index (χ3n) is 4.84. The molecule has 0 aliphatic carbocycles. The van der Waals surface area contributed by atoms with Crippen molar-refractivity contribution in [3.05, 3.63) is 65.3 Å². The van der Waals surface area contributed by atoms with E-state index in [1.165, 1.54) is 4.90 Å². The molecule has 0 radical (unpaired) electrons. The number of amides is 1. The van der Waals surface area contributed by atoms with E-state index < -0.39 is 12.2 Å². The minimum Gasteiger partial charge on any atom is -0.487 e. The molecule has 1 saturated heterocycles. The molecule has 3 aromatic rings. The van der Waals surface area contributed by atoms with E-state index in [4.69, 9.17) is 26.2 Å². The van der Waals surface area contributed by atoms with Crippen molar-refractivity contribution in [3.8, 4) is 5.75 Å². The molecule has 1 aliphatic rings. The first-order chi connectivity index (χ1) is 14.6. The summed E-state index contributed by atoms with van der Waals surface area (Å²) in [7, 11) is 0. The Labute approximate surface area is 179 Å². The van der Waals surface area contributed by atoms with Gasteiger partial charge in [0.25, 0.3) is 0 Å². The van der Waals surface area contributed by atoms with Crippen LogP contribution < -0.4 is 10.1 Å². The van der Waals surface area contributed by atoms with Gasteiger partial charge in [-0.15, -0.1) is 0 Å². The number of hydrogen-bond acceptors (Lipinski definition) is 6. The molecule has 156 valence electrons. The number of pyridine rings is 1. The second-order valence-electron chi connectivity index (χ2n) is 6.97. The minimum atomic E-state index is -0.441. The molecule has 2 heterocycles. The Morgan fingerprint density at radius 2 is 2.07 bits per heavy atom. The topological polar surface area (TPSA) is 83.9 Å². The number of halogens is 1. The average Bonchev–Trinajstić information content (AvgIpc) is 3.11. The van der Waals surface area contributed by atoms with Crippen molar-refractivity contribution in [1.82, 2.24) is 9.88 Å². The fraction of sp³-hybridized carbons (Fsp3) is 0.273. The molecule has 2 N–H and O–H groups in total. The van der Waals surface area contributed by atoms with Crippen molar-refractivity contribution in [2.45, 2.75) is 12.6 Å². The second-order valence-corrected chi connectivity index (χ2v) is 7.36. The molecule has 8 heteroatoms. The van der Waals surface area contributed by atoms with E-state index in [0.717, 1.165) is 16.6 Å². The Hall–Kier alpha value is -3.03. The number of rotatable bonds is 8. The first-order valence-corrected chi connectivity index (χ1v) is 10.1. The highest BCUT2D eigenvalue weighted by Gasteiger charge is 2.31. The number of aliphatic hydroxyl groups is 1. The second kappa shape index (κ2) is 9.19. The van der Waals surface area contributed by atoms with Gasteiger partial charge in [-0.25, -0.2) is 9.78 Å². The number of para-hydroxylation sites is 1. The molecule has 1 aliphatic heterocycles. The highest BCUT2D eigenvalue weighted by atomic mass is 35.5. The molecule has 0 spiro atoms. The van der Waals surface area contributed by atoms with Gasteiger partial charge in [0.05, 0.1) is 13.2 Å². The number of hydrogen-bond donors (Lipinski definition) is 2. The largest absolute Gasteiger partial charge is 0.487 e. The summed E-state index contributed by atoms with van der Waals surface area (Å²) in [5, 5.41) is 13.7. The van der Waals surface area contributed by atoms with Gasteiger partial charge in [0.15, 0.2) is 6.10 Å². The van der Waals surface area contributed by atoms with Gasteiger partial charge in [0.2, 0.25) is 0 Å². The summed E-state index contributed by atoms with van der Waals surface area (Å²) in [6, 6.07) is 17.5. The Kier molecular flexibility index (Phi) is 6.21. The van der Waals surface area contributed by atoms with Crippen LogP contribution in [0.4, 0.5) is 10.5 Å². The summed E-state index contributed by atoms with van der Waals surface area (Å²) >= 11 is 6.27. The zero-order valence-electron chi connectivity index (χ0n) is 16.3. The summed E-state index contributed by atoms with van der Waals surface area (Å²) < 4.78 is 11.2. The molecule has 30 heavy (non-hydrogen) atoms. The van der Waals surface area contributed by atoms with Crippen molar-refractivity contribution in [2.24, 2.45) is 0 Å². The minimum absolute atomic E-state index is 0.104. The molecule has 1 atom stereocenters. The smallest absolute Gasteiger partial charge is 0.410 e. The van der Waals surface area contributed by atoms with Gasteiger partial charge < -0.3 is 24.8 Å². The van der Waals surface area contributed by atoms with Gasteiger partial charge in [-0.1, -0.05) is 54.1 Å². The molecule has 0 saturated carbocycles. The normalized spacial score (nSPS) is 16.0. The summed E-state index contributed by atoms with van der Waals surface area (Å²) in [5.41, 5.74) is 2.65. The third-order valence-corrected chi connectivity index (χ3v) is 5.03. The fourth-order valence-electron chi connectivity index (χ4n) is 3.39. The number of benzene rings is 2. The maximum absolute atomic E-state index is 11.8. The number of aliphatic hydroxyl groups excluding tert-OH is 1. The maximum Gasteiger partial charge on any atom is 0.410 e. The quantitative estimate of drug-likeness (QED) is 0.533. The summed E-state index contributed by atoms with van der Waals surface area (Å²) in [6.45, 7) is 1.36. The first kappa shape index (κ1) is 20.3. The van der Waals surface area contributed by atoms with E-state index in [0.29, 0.717) is 29.5 Å². The molecule has 0 bridgehead atoms. The number of anilines is 1. The van der Waals surface area contributed by atoms with Gasteiger partial charge in [-0.05, 0) is 17.7 Å². The Bertz CT molecular complexity index is 1030.